The van der Waals surface area contributed by atoms with Crippen LogP contribution in [0, 0.1) is 11.3 Å². The summed E-state index contributed by atoms with van der Waals surface area (Å²) < 4.78 is 28.4. The van der Waals surface area contributed by atoms with Crippen LogP contribution in [0.3, 0.4) is 0 Å². The quantitative estimate of drug-likeness (QED) is 0.824. The molecule has 0 atom stereocenters. The van der Waals surface area contributed by atoms with Crippen LogP contribution in [0.5, 0.6) is 0 Å². The number of hydrogen-bond acceptors (Lipinski definition) is 3. The fraction of sp³-hybridized carbons (Fsp3) is 0.909. The van der Waals surface area contributed by atoms with Crippen LogP contribution >= 0.6 is 0 Å². The predicted octanol–water partition coefficient (Wildman–Crippen LogP) is 1.14. The Morgan fingerprint density at radius 2 is 1.65 bits per heavy atom. The maximum atomic E-state index is 12.2. The highest BCUT2D eigenvalue weighted by Crippen LogP contribution is 2.30. The van der Waals surface area contributed by atoms with Crippen LogP contribution in [0.4, 0.5) is 0 Å². The van der Waals surface area contributed by atoms with Crippen molar-refractivity contribution in [1.82, 2.24) is 9.03 Å². The Kier molecular flexibility index (Phi) is 3.71. The second kappa shape index (κ2) is 4.92. The average molecular weight is 257 g/mol. The van der Waals surface area contributed by atoms with E-state index in [1.165, 1.54) is 4.31 Å². The van der Waals surface area contributed by atoms with E-state index in [0.717, 1.165) is 32.1 Å². The summed E-state index contributed by atoms with van der Waals surface area (Å²) in [4.78, 5) is 0. The highest BCUT2D eigenvalue weighted by molar-refractivity contribution is 7.87. The molecule has 1 N–H and O–H groups in total. The topological polar surface area (TPSA) is 73.2 Å². The van der Waals surface area contributed by atoms with E-state index in [1.54, 1.807) is 0 Å². The zero-order chi connectivity index (χ0) is 12.4. The lowest BCUT2D eigenvalue weighted by atomic mass is 10.0. The predicted molar refractivity (Wildman–Crippen MR) is 64.3 cm³/mol. The van der Waals surface area contributed by atoms with Gasteiger partial charge in [-0.3, -0.25) is 0 Å². The Labute approximate surface area is 103 Å². The molecule has 0 spiro atoms. The number of hydrogen-bond donors (Lipinski definition) is 1. The lowest BCUT2D eigenvalue weighted by Gasteiger charge is -2.30. The van der Waals surface area contributed by atoms with Gasteiger partial charge >= 0.3 is 0 Å². The van der Waals surface area contributed by atoms with Gasteiger partial charge in [0, 0.05) is 13.1 Å². The van der Waals surface area contributed by atoms with Gasteiger partial charge < -0.3 is 0 Å². The molecule has 0 amide bonds. The second-order valence-electron chi connectivity index (χ2n) is 4.97. The molecule has 5 nitrogen and oxygen atoms in total. The zero-order valence-corrected chi connectivity index (χ0v) is 10.8. The summed E-state index contributed by atoms with van der Waals surface area (Å²) in [6.07, 6.45) is 6.05. The molecule has 2 rings (SSSR count). The third-order valence-electron chi connectivity index (χ3n) is 3.65. The number of nitrogens with zero attached hydrogens (tertiary/aromatic N) is 2. The highest BCUT2D eigenvalue weighted by atomic mass is 32.2. The van der Waals surface area contributed by atoms with Gasteiger partial charge in [0.15, 0.2) is 0 Å². The highest BCUT2D eigenvalue weighted by Gasteiger charge is 2.39. The number of nitriles is 1. The van der Waals surface area contributed by atoms with Crippen LogP contribution in [0.1, 0.15) is 44.9 Å². The van der Waals surface area contributed by atoms with Gasteiger partial charge in [-0.1, -0.05) is 19.3 Å². The molecule has 1 aliphatic heterocycles. The maximum absolute atomic E-state index is 12.2. The van der Waals surface area contributed by atoms with Gasteiger partial charge in [-0.15, -0.1) is 0 Å². The minimum Gasteiger partial charge on any atom is -0.196 e. The van der Waals surface area contributed by atoms with E-state index in [4.69, 9.17) is 0 Å². The molecule has 17 heavy (non-hydrogen) atoms. The van der Waals surface area contributed by atoms with E-state index in [1.807, 2.05) is 0 Å². The molecule has 96 valence electrons. The zero-order valence-electron chi connectivity index (χ0n) is 9.98. The molecular formula is C11H19N3O2S. The van der Waals surface area contributed by atoms with Gasteiger partial charge in [-0.25, -0.2) is 0 Å². The Hall–Kier alpha value is -0.640. The van der Waals surface area contributed by atoms with Gasteiger partial charge in [0.25, 0.3) is 10.2 Å². The van der Waals surface area contributed by atoms with Gasteiger partial charge in [0.05, 0.1) is 6.07 Å². The standard InChI is InChI=1S/C11H19N3O2S/c12-10-11(6-2-3-7-11)13-17(15,16)14-8-4-1-5-9-14/h13H,1-9H2. The lowest BCUT2D eigenvalue weighted by Crippen LogP contribution is -2.52. The normalized spacial score (nSPS) is 25.6. The van der Waals surface area contributed by atoms with Gasteiger partial charge in [0.2, 0.25) is 0 Å². The van der Waals surface area contributed by atoms with Crippen molar-refractivity contribution in [3.63, 3.8) is 0 Å². The molecule has 1 aliphatic carbocycles. The smallest absolute Gasteiger partial charge is 0.196 e. The van der Waals surface area contributed by atoms with Gasteiger partial charge in [-0.2, -0.15) is 22.7 Å². The first-order chi connectivity index (χ1) is 8.08. The van der Waals surface area contributed by atoms with Crippen LogP contribution < -0.4 is 4.72 Å². The first-order valence-electron chi connectivity index (χ1n) is 6.28. The van der Waals surface area contributed by atoms with E-state index in [9.17, 15) is 13.7 Å². The fourth-order valence-corrected chi connectivity index (χ4v) is 4.24. The lowest BCUT2D eigenvalue weighted by molar-refractivity contribution is 0.333. The van der Waals surface area contributed by atoms with Crippen molar-refractivity contribution >= 4 is 10.2 Å². The van der Waals surface area contributed by atoms with Crippen LogP contribution in [-0.2, 0) is 10.2 Å². The molecule has 1 heterocycles. The van der Waals surface area contributed by atoms with E-state index in [0.29, 0.717) is 25.9 Å². The van der Waals surface area contributed by atoms with E-state index < -0.39 is 15.7 Å². The molecule has 0 aromatic carbocycles. The Balaban J connectivity index is 2.08. The molecular weight excluding hydrogens is 238 g/mol. The molecule has 0 bridgehead atoms. The van der Waals surface area contributed by atoms with Crippen molar-refractivity contribution in [2.45, 2.75) is 50.5 Å². The van der Waals surface area contributed by atoms with Crippen molar-refractivity contribution in [1.29, 1.82) is 5.26 Å². The average Bonchev–Trinajstić information content (AvgIpc) is 2.79. The maximum Gasteiger partial charge on any atom is 0.280 e. The minimum absolute atomic E-state index is 0.580. The second-order valence-corrected chi connectivity index (χ2v) is 6.64. The van der Waals surface area contributed by atoms with Crippen molar-refractivity contribution in [3.05, 3.63) is 0 Å². The largest absolute Gasteiger partial charge is 0.280 e. The molecule has 0 unspecified atom stereocenters. The van der Waals surface area contributed by atoms with Crippen LogP contribution in [0.2, 0.25) is 0 Å². The monoisotopic (exact) mass is 257 g/mol. The van der Waals surface area contributed by atoms with Crippen LogP contribution in [0.25, 0.3) is 0 Å². The molecule has 6 heteroatoms. The van der Waals surface area contributed by atoms with Crippen molar-refractivity contribution in [2.75, 3.05) is 13.1 Å². The molecule has 1 saturated heterocycles. The Bertz CT molecular complexity index is 401. The number of nitrogens with one attached hydrogen (secondary N) is 1. The SMILES string of the molecule is N#CC1(NS(=O)(=O)N2CCCCC2)CCCC1. The summed E-state index contributed by atoms with van der Waals surface area (Å²) >= 11 is 0. The van der Waals surface area contributed by atoms with Gasteiger partial charge in [0.1, 0.15) is 5.54 Å². The van der Waals surface area contributed by atoms with Crippen molar-refractivity contribution < 1.29 is 8.42 Å². The first-order valence-corrected chi connectivity index (χ1v) is 7.72. The van der Waals surface area contributed by atoms with E-state index in [-0.39, 0.29) is 0 Å². The Morgan fingerprint density at radius 3 is 2.18 bits per heavy atom. The summed E-state index contributed by atoms with van der Waals surface area (Å²) in [5.41, 5.74) is -0.851. The van der Waals surface area contributed by atoms with Crippen molar-refractivity contribution in [2.24, 2.45) is 0 Å². The molecule has 0 aromatic rings. The molecule has 2 fully saturated rings. The molecule has 2 aliphatic rings. The summed E-state index contributed by atoms with van der Waals surface area (Å²) in [6, 6.07) is 2.16. The molecule has 0 aromatic heterocycles. The first kappa shape index (κ1) is 12.8. The van der Waals surface area contributed by atoms with E-state index >= 15 is 0 Å². The van der Waals surface area contributed by atoms with Crippen LogP contribution in [-0.4, -0.2) is 31.4 Å². The summed E-state index contributed by atoms with van der Waals surface area (Å²) in [5.74, 6) is 0. The number of piperidine rings is 1. The third-order valence-corrected chi connectivity index (χ3v) is 5.34. The fourth-order valence-electron chi connectivity index (χ4n) is 2.63. The van der Waals surface area contributed by atoms with Gasteiger partial charge in [-0.05, 0) is 25.7 Å². The van der Waals surface area contributed by atoms with Crippen LogP contribution in [0.15, 0.2) is 0 Å². The minimum atomic E-state index is -3.48. The molecule has 1 saturated carbocycles. The molecule has 0 radical (unpaired) electrons. The third kappa shape index (κ3) is 2.79. The number of rotatable bonds is 3. The summed E-state index contributed by atoms with van der Waals surface area (Å²) in [7, 11) is -3.48. The summed E-state index contributed by atoms with van der Waals surface area (Å²) in [5, 5.41) is 9.18. The summed E-state index contributed by atoms with van der Waals surface area (Å²) in [6.45, 7) is 1.16. The van der Waals surface area contributed by atoms with Crippen molar-refractivity contribution in [3.8, 4) is 6.07 Å². The van der Waals surface area contributed by atoms with E-state index in [2.05, 4.69) is 10.8 Å². The Morgan fingerprint density at radius 1 is 1.06 bits per heavy atom.